The third-order valence-corrected chi connectivity index (χ3v) is 9.71. The van der Waals surface area contributed by atoms with E-state index >= 15 is 0 Å². The van der Waals surface area contributed by atoms with Crippen LogP contribution >= 0.6 is 23.5 Å². The Balaban J connectivity index is 1.39. The van der Waals surface area contributed by atoms with Gasteiger partial charge in [0, 0.05) is 39.0 Å². The van der Waals surface area contributed by atoms with Crippen LogP contribution in [0.4, 0.5) is 5.69 Å². The van der Waals surface area contributed by atoms with Gasteiger partial charge in [0.05, 0.1) is 13.7 Å². The normalized spacial score (nSPS) is 15.7. The van der Waals surface area contributed by atoms with E-state index in [2.05, 4.69) is 42.5 Å². The van der Waals surface area contributed by atoms with Gasteiger partial charge >= 0.3 is 5.97 Å². The van der Waals surface area contributed by atoms with E-state index < -0.39 is 5.97 Å². The maximum atomic E-state index is 13.8. The molecule has 196 valence electrons. The number of rotatable bonds is 7. The second-order valence-electron chi connectivity index (χ2n) is 9.77. The van der Waals surface area contributed by atoms with Crippen molar-refractivity contribution in [3.8, 4) is 11.1 Å². The molecule has 0 bridgehead atoms. The van der Waals surface area contributed by atoms with Crippen molar-refractivity contribution in [3.63, 3.8) is 0 Å². The standard InChI is InChI=1S/C32H33NO3S2/c1-36-31(34)17-12-23-6-5-9-28(20-23)33(32(35)26-7-3-2-4-8-26)22-24-10-13-25(14-11-24)27-15-16-29-30(21-27)38-19-18-37-29/h5-6,9-17,20-21,26H,2-4,7-8,18-19,22H2,1H3/b17-12+. The Hall–Kier alpha value is -2.96. The maximum absolute atomic E-state index is 13.8. The number of anilines is 1. The molecule has 3 aromatic carbocycles. The molecule has 1 aliphatic heterocycles. The average Bonchev–Trinajstić information content (AvgIpc) is 2.99. The van der Waals surface area contributed by atoms with E-state index in [1.807, 2.05) is 52.7 Å². The highest BCUT2D eigenvalue weighted by Crippen LogP contribution is 2.39. The van der Waals surface area contributed by atoms with Crippen LogP contribution in [0.25, 0.3) is 17.2 Å². The quantitative estimate of drug-likeness (QED) is 0.224. The zero-order valence-corrected chi connectivity index (χ0v) is 23.4. The molecule has 0 radical (unpaired) electrons. The molecule has 0 N–H and O–H groups in total. The molecule has 4 nitrogen and oxygen atoms in total. The summed E-state index contributed by atoms with van der Waals surface area (Å²) < 4.78 is 4.72. The van der Waals surface area contributed by atoms with Crippen LogP contribution in [-0.4, -0.2) is 30.5 Å². The number of fused-ring (bicyclic) bond motifs is 1. The van der Waals surface area contributed by atoms with Crippen molar-refractivity contribution in [3.05, 3.63) is 83.9 Å². The summed E-state index contributed by atoms with van der Waals surface area (Å²) in [4.78, 5) is 30.0. The number of hydrogen-bond donors (Lipinski definition) is 0. The van der Waals surface area contributed by atoms with Crippen molar-refractivity contribution in [2.24, 2.45) is 5.92 Å². The topological polar surface area (TPSA) is 46.6 Å². The Morgan fingerprint density at radius 2 is 1.63 bits per heavy atom. The van der Waals surface area contributed by atoms with Crippen molar-refractivity contribution in [1.29, 1.82) is 0 Å². The molecule has 1 saturated carbocycles. The Labute approximate surface area is 233 Å². The number of carbonyl (C=O) groups is 2. The van der Waals surface area contributed by atoms with Gasteiger partial charge in [-0.25, -0.2) is 4.79 Å². The monoisotopic (exact) mass is 543 g/mol. The molecule has 1 fully saturated rings. The van der Waals surface area contributed by atoms with E-state index in [4.69, 9.17) is 4.74 Å². The lowest BCUT2D eigenvalue weighted by Gasteiger charge is -2.30. The van der Waals surface area contributed by atoms with Gasteiger partial charge in [-0.1, -0.05) is 61.7 Å². The molecule has 5 rings (SSSR count). The van der Waals surface area contributed by atoms with Crippen LogP contribution in [0.15, 0.2) is 82.6 Å². The highest BCUT2D eigenvalue weighted by Gasteiger charge is 2.27. The van der Waals surface area contributed by atoms with E-state index in [1.54, 1.807) is 6.08 Å². The van der Waals surface area contributed by atoms with Gasteiger partial charge in [-0.2, -0.15) is 0 Å². The van der Waals surface area contributed by atoms with E-state index in [0.717, 1.165) is 48.3 Å². The number of benzene rings is 3. The van der Waals surface area contributed by atoms with Gasteiger partial charge < -0.3 is 9.64 Å². The molecule has 1 aliphatic carbocycles. The number of amides is 1. The lowest BCUT2D eigenvalue weighted by atomic mass is 9.88. The number of nitrogens with zero attached hydrogens (tertiary/aromatic N) is 1. The zero-order chi connectivity index (χ0) is 26.3. The van der Waals surface area contributed by atoms with Gasteiger partial charge in [0.1, 0.15) is 0 Å². The minimum absolute atomic E-state index is 0.0585. The van der Waals surface area contributed by atoms with E-state index in [-0.39, 0.29) is 11.8 Å². The largest absolute Gasteiger partial charge is 0.466 e. The van der Waals surface area contributed by atoms with Crippen molar-refractivity contribution >= 4 is 47.2 Å². The molecule has 38 heavy (non-hydrogen) atoms. The van der Waals surface area contributed by atoms with Crippen LogP contribution < -0.4 is 4.90 Å². The summed E-state index contributed by atoms with van der Waals surface area (Å²) in [6.07, 6.45) is 8.46. The first-order chi connectivity index (χ1) is 18.6. The molecule has 0 aromatic heterocycles. The summed E-state index contributed by atoms with van der Waals surface area (Å²) in [6, 6.07) is 23.2. The molecule has 6 heteroatoms. The summed E-state index contributed by atoms with van der Waals surface area (Å²) >= 11 is 3.87. The smallest absolute Gasteiger partial charge is 0.330 e. The SMILES string of the molecule is COC(=O)/C=C/c1cccc(N(Cc2ccc(-c3ccc4c(c3)SCCS4)cc2)C(=O)C2CCCCC2)c1. The predicted molar refractivity (Wildman–Crippen MR) is 159 cm³/mol. The molecule has 1 heterocycles. The Bertz CT molecular complexity index is 1310. The van der Waals surface area contributed by atoms with Crippen LogP contribution in [0.5, 0.6) is 0 Å². The Morgan fingerprint density at radius 3 is 2.39 bits per heavy atom. The first-order valence-electron chi connectivity index (χ1n) is 13.3. The number of methoxy groups -OCH3 is 1. The molecule has 0 unspecified atom stereocenters. The van der Waals surface area contributed by atoms with Crippen LogP contribution in [-0.2, 0) is 20.9 Å². The minimum atomic E-state index is -0.401. The van der Waals surface area contributed by atoms with Gasteiger partial charge in [0.25, 0.3) is 0 Å². The van der Waals surface area contributed by atoms with Crippen molar-refractivity contribution in [1.82, 2.24) is 0 Å². The molecule has 0 atom stereocenters. The Morgan fingerprint density at radius 1 is 0.895 bits per heavy atom. The van der Waals surface area contributed by atoms with Crippen LogP contribution in [0.2, 0.25) is 0 Å². The molecule has 2 aliphatic rings. The molecular formula is C32H33NO3S2. The highest BCUT2D eigenvalue weighted by molar-refractivity contribution is 8.05. The highest BCUT2D eigenvalue weighted by atomic mass is 32.2. The lowest BCUT2D eigenvalue weighted by molar-refractivity contribution is -0.134. The summed E-state index contributed by atoms with van der Waals surface area (Å²) in [5, 5.41) is 0. The average molecular weight is 544 g/mol. The molecular weight excluding hydrogens is 510 g/mol. The van der Waals surface area contributed by atoms with E-state index in [0.29, 0.717) is 6.54 Å². The predicted octanol–water partition coefficient (Wildman–Crippen LogP) is 7.85. The third-order valence-electron chi connectivity index (χ3n) is 7.19. The second-order valence-corrected chi connectivity index (χ2v) is 12.0. The van der Waals surface area contributed by atoms with E-state index in [1.165, 1.54) is 46.3 Å². The molecule has 0 saturated heterocycles. The fraction of sp³-hybridized carbons (Fsp3) is 0.312. The maximum Gasteiger partial charge on any atom is 0.330 e. The molecule has 1 amide bonds. The fourth-order valence-corrected chi connectivity index (χ4v) is 7.35. The molecule has 0 spiro atoms. The number of carbonyl (C=O) groups excluding carboxylic acids is 2. The van der Waals surface area contributed by atoms with Gasteiger partial charge in [-0.05, 0) is 65.4 Å². The van der Waals surface area contributed by atoms with Crippen molar-refractivity contribution in [2.45, 2.75) is 48.4 Å². The summed E-state index contributed by atoms with van der Waals surface area (Å²) in [6.45, 7) is 0.510. The number of thioether (sulfide) groups is 2. The number of esters is 1. The summed E-state index contributed by atoms with van der Waals surface area (Å²) in [5.41, 5.74) is 5.21. The van der Waals surface area contributed by atoms with Gasteiger partial charge in [0.2, 0.25) is 5.91 Å². The molecule has 3 aromatic rings. The van der Waals surface area contributed by atoms with Crippen LogP contribution in [0.1, 0.15) is 43.2 Å². The third kappa shape index (κ3) is 6.54. The summed E-state index contributed by atoms with van der Waals surface area (Å²) in [7, 11) is 1.36. The van der Waals surface area contributed by atoms with Gasteiger partial charge in [-0.3, -0.25) is 4.79 Å². The minimum Gasteiger partial charge on any atom is -0.466 e. The Kier molecular flexibility index (Phi) is 8.92. The van der Waals surface area contributed by atoms with Crippen molar-refractivity contribution in [2.75, 3.05) is 23.5 Å². The lowest BCUT2D eigenvalue weighted by Crippen LogP contribution is -2.36. The van der Waals surface area contributed by atoms with Gasteiger partial charge in [0.15, 0.2) is 0 Å². The van der Waals surface area contributed by atoms with Crippen LogP contribution in [0.3, 0.4) is 0 Å². The second kappa shape index (κ2) is 12.7. The first-order valence-corrected chi connectivity index (χ1v) is 15.2. The van der Waals surface area contributed by atoms with Crippen molar-refractivity contribution < 1.29 is 14.3 Å². The van der Waals surface area contributed by atoms with Gasteiger partial charge in [-0.15, -0.1) is 23.5 Å². The zero-order valence-electron chi connectivity index (χ0n) is 21.7. The fourth-order valence-electron chi connectivity index (χ4n) is 5.10. The number of ether oxygens (including phenoxy) is 1. The summed E-state index contributed by atoms with van der Waals surface area (Å²) in [5.74, 6) is 2.17. The first kappa shape index (κ1) is 26.6. The van der Waals surface area contributed by atoms with E-state index in [9.17, 15) is 9.59 Å². The number of hydrogen-bond acceptors (Lipinski definition) is 5. The van der Waals surface area contributed by atoms with Crippen LogP contribution in [0, 0.1) is 5.92 Å².